The van der Waals surface area contributed by atoms with Crippen LogP contribution in [0.2, 0.25) is 0 Å². The van der Waals surface area contributed by atoms with Crippen LogP contribution in [-0.4, -0.2) is 34.2 Å². The van der Waals surface area contributed by atoms with Crippen molar-refractivity contribution in [3.8, 4) is 0 Å². The van der Waals surface area contributed by atoms with Crippen molar-refractivity contribution in [1.82, 2.24) is 0 Å². The van der Waals surface area contributed by atoms with Crippen molar-refractivity contribution in [2.45, 2.75) is 24.8 Å². The predicted octanol–water partition coefficient (Wildman–Crippen LogP) is -1.58. The van der Waals surface area contributed by atoms with Gasteiger partial charge in [0.15, 0.2) is 0 Å². The van der Waals surface area contributed by atoms with Crippen molar-refractivity contribution in [3.63, 3.8) is 0 Å². The number of aliphatic hydroxyl groups excluding tert-OH is 1. The number of primary amides is 1. The summed E-state index contributed by atoms with van der Waals surface area (Å²) >= 11 is 0. The van der Waals surface area contributed by atoms with E-state index in [-0.39, 0.29) is 25.9 Å². The van der Waals surface area contributed by atoms with E-state index >= 15 is 0 Å². The monoisotopic (exact) mass is 190 g/mol. The van der Waals surface area contributed by atoms with Gasteiger partial charge >= 0.3 is 5.97 Å². The lowest BCUT2D eigenvalue weighted by Gasteiger charge is -2.22. The van der Waals surface area contributed by atoms with E-state index in [0.29, 0.717) is 0 Å². The second-order valence-electron chi connectivity index (χ2n) is 2.90. The van der Waals surface area contributed by atoms with Crippen LogP contribution in [0.5, 0.6) is 0 Å². The molecule has 0 radical (unpaired) electrons. The van der Waals surface area contributed by atoms with Crippen LogP contribution >= 0.6 is 0 Å². The van der Waals surface area contributed by atoms with E-state index in [9.17, 15) is 9.59 Å². The topological polar surface area (TPSA) is 127 Å². The van der Waals surface area contributed by atoms with E-state index in [1.54, 1.807) is 0 Å². The molecule has 76 valence electrons. The van der Waals surface area contributed by atoms with Crippen molar-refractivity contribution in [1.29, 1.82) is 0 Å². The number of carboxylic acid groups (broad SMARTS) is 1. The smallest absolute Gasteiger partial charge is 0.323 e. The van der Waals surface area contributed by atoms with E-state index in [2.05, 4.69) is 0 Å². The van der Waals surface area contributed by atoms with E-state index in [4.69, 9.17) is 21.7 Å². The zero-order valence-electron chi connectivity index (χ0n) is 7.19. The SMILES string of the molecule is NC(=O)CC[C@@](N)(CCO)C(=O)O. The van der Waals surface area contributed by atoms with Crippen LogP contribution in [0.4, 0.5) is 0 Å². The minimum atomic E-state index is -1.55. The fourth-order valence-corrected chi connectivity index (χ4v) is 0.885. The molecule has 0 aromatic rings. The van der Waals surface area contributed by atoms with E-state index in [1.807, 2.05) is 0 Å². The highest BCUT2D eigenvalue weighted by molar-refractivity contribution is 5.80. The summed E-state index contributed by atoms with van der Waals surface area (Å²) in [6.45, 7) is -0.332. The van der Waals surface area contributed by atoms with Crippen LogP contribution in [-0.2, 0) is 9.59 Å². The summed E-state index contributed by atoms with van der Waals surface area (Å²) < 4.78 is 0. The molecule has 0 bridgehead atoms. The Bertz CT molecular complexity index is 207. The van der Waals surface area contributed by atoms with Crippen LogP contribution in [0.15, 0.2) is 0 Å². The normalized spacial score (nSPS) is 14.9. The minimum Gasteiger partial charge on any atom is -0.480 e. The number of aliphatic carboxylic acids is 1. The molecule has 6 heteroatoms. The highest BCUT2D eigenvalue weighted by Crippen LogP contribution is 2.14. The van der Waals surface area contributed by atoms with Gasteiger partial charge in [-0.1, -0.05) is 0 Å². The summed E-state index contributed by atoms with van der Waals surface area (Å²) in [5, 5.41) is 17.2. The molecule has 1 amide bonds. The van der Waals surface area contributed by atoms with Gasteiger partial charge in [0.2, 0.25) is 5.91 Å². The zero-order chi connectivity index (χ0) is 10.5. The molecule has 0 saturated heterocycles. The molecule has 0 saturated carbocycles. The Kier molecular flexibility index (Phi) is 4.36. The van der Waals surface area contributed by atoms with Crippen molar-refractivity contribution < 1.29 is 19.8 Å². The Morgan fingerprint density at radius 3 is 2.15 bits per heavy atom. The quantitative estimate of drug-likeness (QED) is 0.402. The average Bonchev–Trinajstić information content (AvgIpc) is 2.01. The van der Waals surface area contributed by atoms with Crippen molar-refractivity contribution >= 4 is 11.9 Å². The molecule has 0 heterocycles. The molecule has 0 aliphatic rings. The Hall–Kier alpha value is -1.14. The van der Waals surface area contributed by atoms with Crippen LogP contribution in [0.25, 0.3) is 0 Å². The minimum absolute atomic E-state index is 0.0573. The summed E-state index contributed by atoms with van der Waals surface area (Å²) in [6.07, 6.45) is -0.239. The molecule has 0 unspecified atom stereocenters. The van der Waals surface area contributed by atoms with Crippen LogP contribution in [0.1, 0.15) is 19.3 Å². The molecule has 0 aromatic carbocycles. The van der Waals surface area contributed by atoms with Crippen molar-refractivity contribution in [3.05, 3.63) is 0 Å². The molecule has 13 heavy (non-hydrogen) atoms. The summed E-state index contributed by atoms with van der Waals surface area (Å²) in [7, 11) is 0. The Morgan fingerprint density at radius 1 is 1.31 bits per heavy atom. The van der Waals surface area contributed by atoms with Crippen molar-refractivity contribution in [2.75, 3.05) is 6.61 Å². The molecule has 0 spiro atoms. The molecular weight excluding hydrogens is 176 g/mol. The number of hydrogen-bond donors (Lipinski definition) is 4. The predicted molar refractivity (Wildman–Crippen MR) is 44.7 cm³/mol. The Labute approximate surface area is 75.5 Å². The van der Waals surface area contributed by atoms with Gasteiger partial charge in [0.05, 0.1) is 0 Å². The number of hydrogen-bond acceptors (Lipinski definition) is 4. The first-order chi connectivity index (χ1) is 5.92. The third-order valence-electron chi connectivity index (χ3n) is 1.80. The lowest BCUT2D eigenvalue weighted by atomic mass is 9.91. The second kappa shape index (κ2) is 4.78. The van der Waals surface area contributed by atoms with E-state index < -0.39 is 17.4 Å². The second-order valence-corrected chi connectivity index (χ2v) is 2.90. The van der Waals surface area contributed by atoms with Gasteiger partial charge in [0.25, 0.3) is 0 Å². The molecule has 0 aromatic heterocycles. The molecule has 0 aliphatic heterocycles. The number of carbonyl (C=O) groups is 2. The number of rotatable bonds is 6. The van der Waals surface area contributed by atoms with Crippen molar-refractivity contribution in [2.24, 2.45) is 11.5 Å². The third kappa shape index (κ3) is 3.86. The van der Waals surface area contributed by atoms with Gasteiger partial charge in [-0.3, -0.25) is 9.59 Å². The molecule has 6 nitrogen and oxygen atoms in total. The number of carboxylic acids is 1. The largest absolute Gasteiger partial charge is 0.480 e. The number of carbonyl (C=O) groups excluding carboxylic acids is 1. The van der Waals surface area contributed by atoms with Crippen LogP contribution in [0, 0.1) is 0 Å². The Morgan fingerprint density at radius 2 is 1.85 bits per heavy atom. The van der Waals surface area contributed by atoms with E-state index in [1.165, 1.54) is 0 Å². The molecular formula is C7H14N2O4. The fraction of sp³-hybridized carbons (Fsp3) is 0.714. The van der Waals surface area contributed by atoms with Gasteiger partial charge in [-0.15, -0.1) is 0 Å². The number of amides is 1. The zero-order valence-corrected chi connectivity index (χ0v) is 7.19. The van der Waals surface area contributed by atoms with Gasteiger partial charge in [0, 0.05) is 13.0 Å². The maximum absolute atomic E-state index is 10.6. The highest BCUT2D eigenvalue weighted by atomic mass is 16.4. The first kappa shape index (κ1) is 11.9. The van der Waals surface area contributed by atoms with Crippen LogP contribution < -0.4 is 11.5 Å². The third-order valence-corrected chi connectivity index (χ3v) is 1.80. The summed E-state index contributed by atoms with van der Waals surface area (Å²) in [5.74, 6) is -1.84. The molecule has 0 fully saturated rings. The van der Waals surface area contributed by atoms with Gasteiger partial charge in [0.1, 0.15) is 5.54 Å². The number of nitrogens with two attached hydrogens (primary N) is 2. The van der Waals surface area contributed by atoms with Gasteiger partial charge in [-0.2, -0.15) is 0 Å². The lowest BCUT2D eigenvalue weighted by molar-refractivity contribution is -0.144. The molecule has 0 rings (SSSR count). The summed E-state index contributed by atoms with van der Waals surface area (Å²) in [6, 6.07) is 0. The lowest BCUT2D eigenvalue weighted by Crippen LogP contribution is -2.49. The number of aliphatic hydroxyl groups is 1. The molecule has 6 N–H and O–H groups in total. The van der Waals surface area contributed by atoms with Gasteiger partial charge in [-0.05, 0) is 12.8 Å². The molecule has 0 aliphatic carbocycles. The summed E-state index contributed by atoms with van der Waals surface area (Å²) in [4.78, 5) is 21.0. The highest BCUT2D eigenvalue weighted by Gasteiger charge is 2.33. The maximum Gasteiger partial charge on any atom is 0.323 e. The standard InChI is InChI=1S/C7H14N2O4/c8-5(11)1-2-7(9,3-4-10)6(12)13/h10H,1-4,9H2,(H2,8,11)(H,12,13)/t7-/m1/s1. The Balaban J connectivity index is 4.24. The van der Waals surface area contributed by atoms with Gasteiger partial charge in [-0.25, -0.2) is 0 Å². The first-order valence-corrected chi connectivity index (χ1v) is 3.84. The first-order valence-electron chi connectivity index (χ1n) is 3.84. The molecule has 1 atom stereocenters. The average molecular weight is 190 g/mol. The summed E-state index contributed by atoms with van der Waals surface area (Å²) in [5.41, 5.74) is 8.73. The fourth-order valence-electron chi connectivity index (χ4n) is 0.885. The van der Waals surface area contributed by atoms with Gasteiger partial charge < -0.3 is 21.7 Å². The van der Waals surface area contributed by atoms with E-state index in [0.717, 1.165) is 0 Å². The maximum atomic E-state index is 10.6. The van der Waals surface area contributed by atoms with Crippen LogP contribution in [0.3, 0.4) is 0 Å².